The third kappa shape index (κ3) is 6.34. The Hall–Kier alpha value is -2.83. The molecule has 1 aromatic carbocycles. The fourth-order valence-electron chi connectivity index (χ4n) is 3.50. The minimum atomic E-state index is -0.275. The van der Waals surface area contributed by atoms with Crippen LogP contribution in [0.4, 0.5) is 10.2 Å². The Morgan fingerprint density at radius 1 is 1.30 bits per heavy atom. The molecule has 2 aromatic rings. The van der Waals surface area contributed by atoms with Crippen LogP contribution in [0.15, 0.2) is 47.6 Å². The molecular weight excluding hydrogens is 381 g/mol. The zero-order valence-corrected chi connectivity index (χ0v) is 18.1. The van der Waals surface area contributed by atoms with Gasteiger partial charge in [0.1, 0.15) is 5.75 Å². The first-order chi connectivity index (χ1) is 14.5. The van der Waals surface area contributed by atoms with E-state index in [4.69, 9.17) is 9.73 Å². The molecule has 162 valence electrons. The summed E-state index contributed by atoms with van der Waals surface area (Å²) in [5, 5.41) is 6.78. The second-order valence-corrected chi connectivity index (χ2v) is 7.71. The van der Waals surface area contributed by atoms with Gasteiger partial charge in [0, 0.05) is 38.4 Å². The summed E-state index contributed by atoms with van der Waals surface area (Å²) in [7, 11) is 0. The monoisotopic (exact) mass is 413 g/mol. The fourth-order valence-corrected chi connectivity index (χ4v) is 3.50. The summed E-state index contributed by atoms with van der Waals surface area (Å²) in [4.78, 5) is 10.9. The molecule has 1 aromatic heterocycles. The number of nitrogens with zero attached hydrogens (tertiary/aromatic N) is 3. The standard InChI is InChI=1S/C23H32FN5O/c1-4-25-23(27-14-11-18-7-9-20(10-8-18)30-17(2)3)28-19-12-15-29(16-19)22-21(24)6-5-13-26-22/h5-10,13,17,19H,4,11-12,14-16H2,1-3H3,(H2,25,27,28). The molecule has 0 saturated carbocycles. The normalized spacial score (nSPS) is 16.8. The summed E-state index contributed by atoms with van der Waals surface area (Å²) in [6, 6.07) is 11.5. The molecule has 30 heavy (non-hydrogen) atoms. The molecular formula is C23H32FN5O. The molecule has 0 bridgehead atoms. The quantitative estimate of drug-likeness (QED) is 0.513. The predicted octanol–water partition coefficient (Wildman–Crippen LogP) is 3.38. The van der Waals surface area contributed by atoms with Crippen molar-refractivity contribution in [3.8, 4) is 5.75 Å². The minimum Gasteiger partial charge on any atom is -0.491 e. The molecule has 0 aliphatic carbocycles. The van der Waals surface area contributed by atoms with E-state index in [1.54, 1.807) is 12.3 Å². The van der Waals surface area contributed by atoms with E-state index >= 15 is 0 Å². The van der Waals surface area contributed by atoms with Gasteiger partial charge in [-0.05, 0) is 63.4 Å². The molecule has 2 heterocycles. The van der Waals surface area contributed by atoms with Gasteiger partial charge in [-0.2, -0.15) is 0 Å². The molecule has 1 aliphatic rings. The number of hydrogen-bond acceptors (Lipinski definition) is 4. The van der Waals surface area contributed by atoms with Gasteiger partial charge in [0.25, 0.3) is 0 Å². The molecule has 1 unspecified atom stereocenters. The van der Waals surface area contributed by atoms with Crippen LogP contribution in [0, 0.1) is 5.82 Å². The van der Waals surface area contributed by atoms with Crippen LogP contribution in [-0.4, -0.2) is 49.3 Å². The Morgan fingerprint density at radius 3 is 2.80 bits per heavy atom. The fraction of sp³-hybridized carbons (Fsp3) is 0.478. The lowest BCUT2D eigenvalue weighted by Crippen LogP contribution is -2.44. The third-order valence-corrected chi connectivity index (χ3v) is 4.88. The van der Waals surface area contributed by atoms with E-state index in [9.17, 15) is 4.39 Å². The average Bonchev–Trinajstić information content (AvgIpc) is 3.17. The van der Waals surface area contributed by atoms with Crippen molar-refractivity contribution in [2.75, 3.05) is 31.1 Å². The molecule has 1 atom stereocenters. The molecule has 1 saturated heterocycles. The van der Waals surface area contributed by atoms with Crippen molar-refractivity contribution in [3.63, 3.8) is 0 Å². The van der Waals surface area contributed by atoms with Crippen LogP contribution in [0.5, 0.6) is 5.75 Å². The van der Waals surface area contributed by atoms with E-state index in [1.165, 1.54) is 11.6 Å². The highest BCUT2D eigenvalue weighted by molar-refractivity contribution is 5.80. The molecule has 0 radical (unpaired) electrons. The van der Waals surface area contributed by atoms with Crippen LogP contribution in [0.1, 0.15) is 32.8 Å². The van der Waals surface area contributed by atoms with E-state index in [-0.39, 0.29) is 18.0 Å². The van der Waals surface area contributed by atoms with E-state index in [1.807, 2.05) is 30.9 Å². The largest absolute Gasteiger partial charge is 0.491 e. The summed E-state index contributed by atoms with van der Waals surface area (Å²) in [6.45, 7) is 9.05. The van der Waals surface area contributed by atoms with Gasteiger partial charge in [0.05, 0.1) is 6.10 Å². The molecule has 0 spiro atoms. The van der Waals surface area contributed by atoms with Crippen molar-refractivity contribution >= 4 is 11.8 Å². The Morgan fingerprint density at radius 2 is 2.10 bits per heavy atom. The third-order valence-electron chi connectivity index (χ3n) is 4.88. The molecule has 3 rings (SSSR count). The number of aromatic nitrogens is 1. The number of nitrogens with one attached hydrogen (secondary N) is 2. The highest BCUT2D eigenvalue weighted by Crippen LogP contribution is 2.20. The van der Waals surface area contributed by atoms with Crippen molar-refractivity contribution in [3.05, 3.63) is 54.0 Å². The lowest BCUT2D eigenvalue weighted by atomic mass is 10.1. The van der Waals surface area contributed by atoms with E-state index < -0.39 is 0 Å². The highest BCUT2D eigenvalue weighted by Gasteiger charge is 2.25. The van der Waals surface area contributed by atoms with Gasteiger partial charge < -0.3 is 20.3 Å². The highest BCUT2D eigenvalue weighted by atomic mass is 19.1. The summed E-state index contributed by atoms with van der Waals surface area (Å²) in [6.07, 6.45) is 3.58. The number of ether oxygens (including phenoxy) is 1. The van der Waals surface area contributed by atoms with E-state index in [0.29, 0.717) is 18.9 Å². The maximum Gasteiger partial charge on any atom is 0.191 e. The van der Waals surface area contributed by atoms with Gasteiger partial charge >= 0.3 is 0 Å². The maximum atomic E-state index is 14.0. The van der Waals surface area contributed by atoms with Crippen molar-refractivity contribution in [2.24, 2.45) is 4.99 Å². The molecule has 1 fully saturated rings. The van der Waals surface area contributed by atoms with Crippen LogP contribution in [0.25, 0.3) is 0 Å². The molecule has 6 nitrogen and oxygen atoms in total. The first-order valence-corrected chi connectivity index (χ1v) is 10.7. The number of guanidine groups is 1. The van der Waals surface area contributed by atoms with Gasteiger partial charge in [0.15, 0.2) is 17.6 Å². The Labute approximate surface area is 178 Å². The van der Waals surface area contributed by atoms with Crippen molar-refractivity contribution in [2.45, 2.75) is 45.8 Å². The number of aliphatic imine (C=N–C) groups is 1. The SMILES string of the molecule is CCNC(=NCCc1ccc(OC(C)C)cc1)NC1CCN(c2ncccc2F)C1. The number of rotatable bonds is 8. The second-order valence-electron chi connectivity index (χ2n) is 7.71. The smallest absolute Gasteiger partial charge is 0.191 e. The van der Waals surface area contributed by atoms with E-state index in [0.717, 1.165) is 37.6 Å². The summed E-state index contributed by atoms with van der Waals surface area (Å²) < 4.78 is 19.7. The lowest BCUT2D eigenvalue weighted by Gasteiger charge is -2.20. The van der Waals surface area contributed by atoms with Gasteiger partial charge in [-0.15, -0.1) is 0 Å². The first kappa shape index (κ1) is 21.9. The van der Waals surface area contributed by atoms with Crippen molar-refractivity contribution in [1.82, 2.24) is 15.6 Å². The van der Waals surface area contributed by atoms with Crippen LogP contribution >= 0.6 is 0 Å². The topological polar surface area (TPSA) is 61.8 Å². The summed E-state index contributed by atoms with van der Waals surface area (Å²) in [5.74, 6) is 1.84. The first-order valence-electron chi connectivity index (χ1n) is 10.7. The lowest BCUT2D eigenvalue weighted by molar-refractivity contribution is 0.242. The predicted molar refractivity (Wildman–Crippen MR) is 120 cm³/mol. The van der Waals surface area contributed by atoms with Crippen LogP contribution in [0.2, 0.25) is 0 Å². The molecule has 1 aliphatic heterocycles. The Balaban J connectivity index is 1.52. The number of hydrogen-bond donors (Lipinski definition) is 2. The van der Waals surface area contributed by atoms with Crippen LogP contribution < -0.4 is 20.3 Å². The zero-order valence-electron chi connectivity index (χ0n) is 18.1. The van der Waals surface area contributed by atoms with Crippen LogP contribution in [0.3, 0.4) is 0 Å². The zero-order chi connectivity index (χ0) is 21.3. The molecule has 2 N–H and O–H groups in total. The van der Waals surface area contributed by atoms with E-state index in [2.05, 4.69) is 34.7 Å². The Kier molecular flexibility index (Phi) is 7.88. The number of pyridine rings is 1. The number of benzene rings is 1. The Bertz CT molecular complexity index is 825. The second kappa shape index (κ2) is 10.8. The average molecular weight is 414 g/mol. The molecule has 7 heteroatoms. The summed E-state index contributed by atoms with van der Waals surface area (Å²) >= 11 is 0. The van der Waals surface area contributed by atoms with Crippen molar-refractivity contribution in [1.29, 1.82) is 0 Å². The number of halogens is 1. The van der Waals surface area contributed by atoms with Gasteiger partial charge in [-0.1, -0.05) is 12.1 Å². The van der Waals surface area contributed by atoms with Crippen LogP contribution in [-0.2, 0) is 6.42 Å². The number of anilines is 1. The summed E-state index contributed by atoms with van der Waals surface area (Å²) in [5.41, 5.74) is 1.23. The van der Waals surface area contributed by atoms with Crippen molar-refractivity contribution < 1.29 is 9.13 Å². The minimum absolute atomic E-state index is 0.176. The molecule has 0 amide bonds. The maximum absolute atomic E-state index is 14.0. The van der Waals surface area contributed by atoms with Gasteiger partial charge in [0.2, 0.25) is 0 Å². The van der Waals surface area contributed by atoms with Gasteiger partial charge in [-0.3, -0.25) is 4.99 Å². The van der Waals surface area contributed by atoms with Gasteiger partial charge in [-0.25, -0.2) is 9.37 Å².